The molecule has 1 aromatic rings. The Kier molecular flexibility index (Phi) is 5.20. The van der Waals surface area contributed by atoms with Gasteiger partial charge >= 0.3 is 0 Å². The van der Waals surface area contributed by atoms with Gasteiger partial charge in [-0.2, -0.15) is 0 Å². The maximum atomic E-state index is 11.5. The molecule has 0 amide bonds. The Labute approximate surface area is 100 Å². The van der Waals surface area contributed by atoms with Crippen LogP contribution in [0.1, 0.15) is 30.6 Å². The summed E-state index contributed by atoms with van der Waals surface area (Å²) in [7, 11) is 0. The van der Waals surface area contributed by atoms with E-state index in [1.165, 1.54) is 4.90 Å². The molecule has 1 nitrogen and oxygen atoms in total. The Balaban J connectivity index is 2.68. The number of benzene rings is 1. The first-order chi connectivity index (χ1) is 7.15. The summed E-state index contributed by atoms with van der Waals surface area (Å²) in [5.74, 6) is 1.10. The zero-order chi connectivity index (χ0) is 11.3. The molecule has 82 valence electrons. The van der Waals surface area contributed by atoms with Gasteiger partial charge < -0.3 is 0 Å². The van der Waals surface area contributed by atoms with Gasteiger partial charge in [0.05, 0.1) is 5.38 Å². The highest BCUT2D eigenvalue weighted by atomic mass is 35.5. The molecule has 3 heteroatoms. The van der Waals surface area contributed by atoms with Gasteiger partial charge in [0.15, 0.2) is 5.78 Å². The van der Waals surface area contributed by atoms with Gasteiger partial charge in [-0.15, -0.1) is 23.4 Å². The molecule has 0 spiro atoms. The standard InChI is InChI=1S/C12H15ClOS/c1-3-8-15-11-6-4-10(5-7-11)12(14)9(2)13/h4-7,9H,3,8H2,1-2H3. The first-order valence-electron chi connectivity index (χ1n) is 5.06. The van der Waals surface area contributed by atoms with Crippen LogP contribution in [0.3, 0.4) is 0 Å². The largest absolute Gasteiger partial charge is 0.293 e. The van der Waals surface area contributed by atoms with Crippen LogP contribution in [0.25, 0.3) is 0 Å². The lowest BCUT2D eigenvalue weighted by Gasteiger charge is -2.04. The second-order valence-corrected chi connectivity index (χ2v) is 5.18. The molecule has 0 aliphatic rings. The van der Waals surface area contributed by atoms with E-state index in [1.54, 1.807) is 18.7 Å². The molecule has 0 aromatic heterocycles. The van der Waals surface area contributed by atoms with Crippen molar-refractivity contribution in [2.75, 3.05) is 5.75 Å². The first kappa shape index (κ1) is 12.6. The highest BCUT2D eigenvalue weighted by molar-refractivity contribution is 7.99. The monoisotopic (exact) mass is 242 g/mol. The molecule has 1 atom stereocenters. The zero-order valence-electron chi connectivity index (χ0n) is 9.00. The van der Waals surface area contributed by atoms with Crippen LogP contribution in [0.2, 0.25) is 0 Å². The van der Waals surface area contributed by atoms with Gasteiger partial charge in [0.2, 0.25) is 0 Å². The van der Waals surface area contributed by atoms with Crippen molar-refractivity contribution in [2.45, 2.75) is 30.5 Å². The topological polar surface area (TPSA) is 17.1 Å². The van der Waals surface area contributed by atoms with E-state index in [2.05, 4.69) is 6.92 Å². The van der Waals surface area contributed by atoms with Crippen LogP contribution in [0.15, 0.2) is 29.2 Å². The average molecular weight is 243 g/mol. The molecule has 1 aromatic carbocycles. The number of carbonyl (C=O) groups excluding carboxylic acids is 1. The number of ketones is 1. The third kappa shape index (κ3) is 3.88. The second kappa shape index (κ2) is 6.19. The van der Waals surface area contributed by atoms with Gasteiger partial charge in [-0.05, 0) is 31.2 Å². The zero-order valence-corrected chi connectivity index (χ0v) is 10.6. The number of carbonyl (C=O) groups is 1. The van der Waals surface area contributed by atoms with Crippen molar-refractivity contribution in [1.82, 2.24) is 0 Å². The van der Waals surface area contributed by atoms with Crippen LogP contribution in [0.4, 0.5) is 0 Å². The maximum Gasteiger partial charge on any atom is 0.180 e. The highest BCUT2D eigenvalue weighted by Crippen LogP contribution is 2.20. The summed E-state index contributed by atoms with van der Waals surface area (Å²) < 4.78 is 0. The molecule has 0 fully saturated rings. The molecule has 1 rings (SSSR count). The fraction of sp³-hybridized carbons (Fsp3) is 0.417. The lowest BCUT2D eigenvalue weighted by Crippen LogP contribution is -2.09. The van der Waals surface area contributed by atoms with Crippen molar-refractivity contribution >= 4 is 29.1 Å². The summed E-state index contributed by atoms with van der Waals surface area (Å²) in [4.78, 5) is 12.7. The van der Waals surface area contributed by atoms with E-state index in [0.29, 0.717) is 5.56 Å². The van der Waals surface area contributed by atoms with Crippen LogP contribution in [-0.2, 0) is 0 Å². The summed E-state index contributed by atoms with van der Waals surface area (Å²) in [6, 6.07) is 7.65. The molecule has 0 saturated heterocycles. The average Bonchev–Trinajstić information content (AvgIpc) is 2.26. The number of rotatable bonds is 5. The third-order valence-corrected chi connectivity index (χ3v) is 3.39. The SMILES string of the molecule is CCCSc1ccc(C(=O)C(C)Cl)cc1. The number of hydrogen-bond acceptors (Lipinski definition) is 2. The molecule has 1 unspecified atom stereocenters. The number of halogens is 1. The second-order valence-electron chi connectivity index (χ2n) is 3.35. The molecule has 0 heterocycles. The molecule has 0 saturated carbocycles. The van der Waals surface area contributed by atoms with E-state index in [1.807, 2.05) is 24.3 Å². The molecular formula is C12H15ClOS. The van der Waals surface area contributed by atoms with Crippen LogP contribution in [0, 0.1) is 0 Å². The Hall–Kier alpha value is -0.470. The Morgan fingerprint density at radius 2 is 2.00 bits per heavy atom. The number of thioether (sulfide) groups is 1. The van der Waals surface area contributed by atoms with E-state index in [9.17, 15) is 4.79 Å². The molecule has 0 N–H and O–H groups in total. The minimum Gasteiger partial charge on any atom is -0.293 e. The van der Waals surface area contributed by atoms with Crippen molar-refractivity contribution in [3.63, 3.8) is 0 Å². The fourth-order valence-corrected chi connectivity index (χ4v) is 2.06. The summed E-state index contributed by atoms with van der Waals surface area (Å²) in [6.45, 7) is 3.85. The quantitative estimate of drug-likeness (QED) is 0.441. The molecule has 15 heavy (non-hydrogen) atoms. The predicted octanol–water partition coefficient (Wildman–Crippen LogP) is 4.00. The molecule has 0 bridgehead atoms. The Morgan fingerprint density at radius 1 is 1.40 bits per heavy atom. The van der Waals surface area contributed by atoms with E-state index in [4.69, 9.17) is 11.6 Å². The first-order valence-corrected chi connectivity index (χ1v) is 6.48. The number of Topliss-reactive ketones (excluding diaryl/α,β-unsaturated/α-hetero) is 1. The van der Waals surface area contributed by atoms with Gasteiger partial charge in [-0.25, -0.2) is 0 Å². The smallest absolute Gasteiger partial charge is 0.180 e. The summed E-state index contributed by atoms with van der Waals surface area (Å²) in [5.41, 5.74) is 0.693. The van der Waals surface area contributed by atoms with Crippen LogP contribution in [-0.4, -0.2) is 16.9 Å². The lowest BCUT2D eigenvalue weighted by molar-refractivity contribution is 0.0991. The van der Waals surface area contributed by atoms with Gasteiger partial charge in [0, 0.05) is 10.5 Å². The van der Waals surface area contributed by atoms with Crippen molar-refractivity contribution < 1.29 is 4.79 Å². The van der Waals surface area contributed by atoms with Crippen molar-refractivity contribution in [1.29, 1.82) is 0 Å². The molecule has 0 radical (unpaired) electrons. The molecule has 0 aliphatic carbocycles. The third-order valence-electron chi connectivity index (χ3n) is 1.97. The van der Waals surface area contributed by atoms with Gasteiger partial charge in [-0.3, -0.25) is 4.79 Å². The van der Waals surface area contributed by atoms with Crippen molar-refractivity contribution in [3.8, 4) is 0 Å². The van der Waals surface area contributed by atoms with Crippen molar-refractivity contribution in [2.24, 2.45) is 0 Å². The van der Waals surface area contributed by atoms with E-state index >= 15 is 0 Å². The Morgan fingerprint density at radius 3 is 2.47 bits per heavy atom. The predicted molar refractivity (Wildman–Crippen MR) is 67.1 cm³/mol. The van der Waals surface area contributed by atoms with E-state index in [0.717, 1.165) is 12.2 Å². The van der Waals surface area contributed by atoms with Gasteiger partial charge in [0.25, 0.3) is 0 Å². The van der Waals surface area contributed by atoms with Crippen LogP contribution >= 0.6 is 23.4 Å². The minimum absolute atomic E-state index is 0.0105. The lowest BCUT2D eigenvalue weighted by atomic mass is 10.1. The summed E-state index contributed by atoms with van der Waals surface area (Å²) in [6.07, 6.45) is 1.16. The van der Waals surface area contributed by atoms with Crippen LogP contribution < -0.4 is 0 Å². The van der Waals surface area contributed by atoms with Crippen LogP contribution in [0.5, 0.6) is 0 Å². The normalized spacial score (nSPS) is 12.5. The Bertz CT molecular complexity index is 319. The van der Waals surface area contributed by atoms with Gasteiger partial charge in [0.1, 0.15) is 0 Å². The minimum atomic E-state index is -0.445. The summed E-state index contributed by atoms with van der Waals surface area (Å²) >= 11 is 7.54. The van der Waals surface area contributed by atoms with Gasteiger partial charge in [-0.1, -0.05) is 19.1 Å². The molecular weight excluding hydrogens is 228 g/mol. The maximum absolute atomic E-state index is 11.5. The number of alkyl halides is 1. The highest BCUT2D eigenvalue weighted by Gasteiger charge is 2.11. The van der Waals surface area contributed by atoms with E-state index < -0.39 is 5.38 Å². The fourth-order valence-electron chi connectivity index (χ4n) is 1.17. The molecule has 0 aliphatic heterocycles. The number of hydrogen-bond donors (Lipinski definition) is 0. The summed E-state index contributed by atoms with van der Waals surface area (Å²) in [5, 5.41) is -0.445. The van der Waals surface area contributed by atoms with E-state index in [-0.39, 0.29) is 5.78 Å². The van der Waals surface area contributed by atoms with Crippen molar-refractivity contribution in [3.05, 3.63) is 29.8 Å².